The quantitative estimate of drug-likeness (QED) is 0.455. The molecule has 0 atom stereocenters. The number of hydrogen-bond donors (Lipinski definition) is 1. The minimum atomic E-state index is 0.119. The van der Waals surface area contributed by atoms with Crippen LogP contribution in [0.5, 0.6) is 0 Å². The fraction of sp³-hybridized carbons (Fsp3) is 0.667. The molecule has 0 spiro atoms. The SMILES string of the molecule is CCCCCNC(=O)CCc1c(C)nc(SC)nc1C. The van der Waals surface area contributed by atoms with Crippen LogP contribution in [-0.4, -0.2) is 28.7 Å². The normalized spacial score (nSPS) is 10.6. The van der Waals surface area contributed by atoms with Crippen molar-refractivity contribution in [1.29, 1.82) is 0 Å². The summed E-state index contributed by atoms with van der Waals surface area (Å²) in [6, 6.07) is 0. The molecule has 1 rings (SSSR count). The maximum absolute atomic E-state index is 11.8. The number of carbonyl (C=O) groups is 1. The summed E-state index contributed by atoms with van der Waals surface area (Å²) in [7, 11) is 0. The number of hydrogen-bond acceptors (Lipinski definition) is 4. The van der Waals surface area contributed by atoms with Crippen molar-refractivity contribution in [2.45, 2.75) is 58.0 Å². The van der Waals surface area contributed by atoms with Gasteiger partial charge in [-0.05, 0) is 38.5 Å². The van der Waals surface area contributed by atoms with E-state index in [1.165, 1.54) is 12.8 Å². The first-order valence-electron chi connectivity index (χ1n) is 7.23. The van der Waals surface area contributed by atoms with Gasteiger partial charge in [-0.2, -0.15) is 0 Å². The van der Waals surface area contributed by atoms with Crippen molar-refractivity contribution >= 4 is 17.7 Å². The molecule has 112 valence electrons. The largest absolute Gasteiger partial charge is 0.356 e. The number of nitrogens with one attached hydrogen (secondary N) is 1. The Morgan fingerprint density at radius 3 is 2.40 bits per heavy atom. The zero-order valence-electron chi connectivity index (χ0n) is 13.0. The minimum absolute atomic E-state index is 0.119. The van der Waals surface area contributed by atoms with Crippen LogP contribution in [0.3, 0.4) is 0 Å². The highest BCUT2D eigenvalue weighted by molar-refractivity contribution is 7.98. The first-order valence-corrected chi connectivity index (χ1v) is 8.45. The van der Waals surface area contributed by atoms with Gasteiger partial charge in [0.15, 0.2) is 5.16 Å². The lowest BCUT2D eigenvalue weighted by atomic mass is 10.1. The van der Waals surface area contributed by atoms with E-state index in [0.29, 0.717) is 12.8 Å². The van der Waals surface area contributed by atoms with Crippen molar-refractivity contribution in [3.63, 3.8) is 0 Å². The van der Waals surface area contributed by atoms with Crippen molar-refractivity contribution in [2.75, 3.05) is 12.8 Å². The molecule has 5 heteroatoms. The fourth-order valence-corrected chi connectivity index (χ4v) is 2.55. The van der Waals surface area contributed by atoms with E-state index >= 15 is 0 Å². The molecule has 0 unspecified atom stereocenters. The van der Waals surface area contributed by atoms with Crippen molar-refractivity contribution in [3.05, 3.63) is 17.0 Å². The van der Waals surface area contributed by atoms with Gasteiger partial charge in [0.1, 0.15) is 0 Å². The van der Waals surface area contributed by atoms with E-state index in [9.17, 15) is 4.79 Å². The van der Waals surface area contributed by atoms with E-state index in [0.717, 1.165) is 35.1 Å². The number of aryl methyl sites for hydroxylation is 2. The van der Waals surface area contributed by atoms with Crippen molar-refractivity contribution in [3.8, 4) is 0 Å². The highest BCUT2D eigenvalue weighted by Crippen LogP contribution is 2.16. The molecule has 1 amide bonds. The Labute approximate surface area is 126 Å². The predicted octanol–water partition coefficient (Wildman–Crippen LogP) is 3.05. The number of carbonyl (C=O) groups excluding carboxylic acids is 1. The Bertz CT molecular complexity index is 426. The number of aromatic nitrogens is 2. The van der Waals surface area contributed by atoms with Crippen LogP contribution in [0.15, 0.2) is 5.16 Å². The zero-order valence-corrected chi connectivity index (χ0v) is 13.8. The van der Waals surface area contributed by atoms with Crippen molar-refractivity contribution < 1.29 is 4.79 Å². The number of unbranched alkanes of at least 4 members (excludes halogenated alkanes) is 2. The molecule has 4 nitrogen and oxygen atoms in total. The molecular formula is C15H25N3OS. The molecule has 0 saturated carbocycles. The van der Waals surface area contributed by atoms with Gasteiger partial charge in [0, 0.05) is 24.4 Å². The molecule has 1 N–H and O–H groups in total. The second kappa shape index (κ2) is 8.95. The molecule has 1 aromatic heterocycles. The number of nitrogens with zero attached hydrogens (tertiary/aromatic N) is 2. The summed E-state index contributed by atoms with van der Waals surface area (Å²) in [5, 5.41) is 3.76. The Kier molecular flexibility index (Phi) is 7.59. The van der Waals surface area contributed by atoms with Crippen molar-refractivity contribution in [1.82, 2.24) is 15.3 Å². The average molecular weight is 295 g/mol. The molecule has 0 aliphatic carbocycles. The van der Waals surface area contributed by atoms with Gasteiger partial charge in [0.05, 0.1) is 0 Å². The summed E-state index contributed by atoms with van der Waals surface area (Å²) in [5.74, 6) is 0.119. The van der Waals surface area contributed by atoms with Crippen LogP contribution in [0, 0.1) is 13.8 Å². The van der Waals surface area contributed by atoms with Crippen LogP contribution >= 0.6 is 11.8 Å². The van der Waals surface area contributed by atoms with Crippen LogP contribution in [0.25, 0.3) is 0 Å². The molecule has 0 bridgehead atoms. The lowest BCUT2D eigenvalue weighted by molar-refractivity contribution is -0.121. The Morgan fingerprint density at radius 2 is 1.85 bits per heavy atom. The van der Waals surface area contributed by atoms with E-state index in [2.05, 4.69) is 22.2 Å². The summed E-state index contributed by atoms with van der Waals surface area (Å²) in [6.45, 7) is 6.92. The molecule has 0 fully saturated rings. The first kappa shape index (κ1) is 17.0. The molecule has 1 aromatic rings. The standard InChI is InChI=1S/C15H25N3OS/c1-5-6-7-10-16-14(19)9-8-13-11(2)17-15(20-4)18-12(13)3/h5-10H2,1-4H3,(H,16,19). The predicted molar refractivity (Wildman–Crippen MR) is 84.1 cm³/mol. The lowest BCUT2D eigenvalue weighted by Crippen LogP contribution is -2.24. The highest BCUT2D eigenvalue weighted by atomic mass is 32.2. The Balaban J connectivity index is 2.47. The monoisotopic (exact) mass is 295 g/mol. The highest BCUT2D eigenvalue weighted by Gasteiger charge is 2.10. The smallest absolute Gasteiger partial charge is 0.220 e. The molecule has 1 heterocycles. The molecule has 20 heavy (non-hydrogen) atoms. The summed E-state index contributed by atoms with van der Waals surface area (Å²) >= 11 is 1.54. The molecular weight excluding hydrogens is 270 g/mol. The Morgan fingerprint density at radius 1 is 1.20 bits per heavy atom. The van der Waals surface area contributed by atoms with Gasteiger partial charge in [-0.25, -0.2) is 9.97 Å². The molecule has 0 aliphatic rings. The minimum Gasteiger partial charge on any atom is -0.356 e. The number of thioether (sulfide) groups is 1. The lowest BCUT2D eigenvalue weighted by Gasteiger charge is -2.10. The van der Waals surface area contributed by atoms with Crippen molar-refractivity contribution in [2.24, 2.45) is 0 Å². The van der Waals surface area contributed by atoms with Crippen LogP contribution in [0.2, 0.25) is 0 Å². The summed E-state index contributed by atoms with van der Waals surface area (Å²) < 4.78 is 0. The van der Waals surface area contributed by atoms with Crippen LogP contribution < -0.4 is 5.32 Å². The van der Waals surface area contributed by atoms with Gasteiger partial charge < -0.3 is 5.32 Å². The first-order chi connectivity index (χ1) is 9.58. The van der Waals surface area contributed by atoms with Gasteiger partial charge in [-0.3, -0.25) is 4.79 Å². The van der Waals surface area contributed by atoms with E-state index in [1.54, 1.807) is 11.8 Å². The zero-order chi connectivity index (χ0) is 15.0. The molecule has 0 radical (unpaired) electrons. The second-order valence-corrected chi connectivity index (χ2v) is 5.69. The summed E-state index contributed by atoms with van der Waals surface area (Å²) in [4.78, 5) is 20.6. The fourth-order valence-electron chi connectivity index (χ4n) is 2.09. The van der Waals surface area contributed by atoms with Gasteiger partial charge in [0.25, 0.3) is 0 Å². The second-order valence-electron chi connectivity index (χ2n) is 4.92. The molecule has 0 aliphatic heterocycles. The number of rotatable bonds is 8. The molecule has 0 saturated heterocycles. The Hall–Kier alpha value is -1.10. The third kappa shape index (κ3) is 5.49. The van der Waals surface area contributed by atoms with Crippen LogP contribution in [-0.2, 0) is 11.2 Å². The topological polar surface area (TPSA) is 54.9 Å². The van der Waals surface area contributed by atoms with E-state index in [-0.39, 0.29) is 5.91 Å². The van der Waals surface area contributed by atoms with Gasteiger partial charge in [-0.15, -0.1) is 0 Å². The van der Waals surface area contributed by atoms with Crippen LogP contribution in [0.1, 0.15) is 49.6 Å². The van der Waals surface area contributed by atoms with Gasteiger partial charge in [0.2, 0.25) is 5.91 Å². The molecule has 0 aromatic carbocycles. The third-order valence-corrected chi connectivity index (χ3v) is 3.84. The summed E-state index contributed by atoms with van der Waals surface area (Å²) in [5.41, 5.74) is 3.08. The maximum Gasteiger partial charge on any atom is 0.220 e. The summed E-state index contributed by atoms with van der Waals surface area (Å²) in [6.07, 6.45) is 6.60. The maximum atomic E-state index is 11.8. The average Bonchev–Trinajstić information content (AvgIpc) is 2.42. The van der Waals surface area contributed by atoms with E-state index in [4.69, 9.17) is 0 Å². The van der Waals surface area contributed by atoms with E-state index < -0.39 is 0 Å². The van der Waals surface area contributed by atoms with Crippen LogP contribution in [0.4, 0.5) is 0 Å². The number of amides is 1. The van der Waals surface area contributed by atoms with Gasteiger partial charge in [-0.1, -0.05) is 31.5 Å². The van der Waals surface area contributed by atoms with E-state index in [1.807, 2.05) is 20.1 Å². The van der Waals surface area contributed by atoms with Gasteiger partial charge >= 0.3 is 0 Å². The third-order valence-electron chi connectivity index (χ3n) is 3.29.